The van der Waals surface area contributed by atoms with E-state index in [-0.39, 0.29) is 23.5 Å². The number of hydrogen-bond acceptors (Lipinski definition) is 5. The highest BCUT2D eigenvalue weighted by Crippen LogP contribution is 2.19. The Morgan fingerprint density at radius 3 is 2.39 bits per heavy atom. The van der Waals surface area contributed by atoms with Crippen LogP contribution in [-0.2, 0) is 4.79 Å². The number of aromatic nitrogens is 1. The molecule has 0 saturated carbocycles. The van der Waals surface area contributed by atoms with E-state index in [1.807, 2.05) is 42.2 Å². The number of nitro groups is 1. The second-order valence-electron chi connectivity index (χ2n) is 7.57. The predicted octanol–water partition coefficient (Wildman–Crippen LogP) is 2.86. The summed E-state index contributed by atoms with van der Waals surface area (Å²) in [6.07, 6.45) is 0. The van der Waals surface area contributed by atoms with Crippen molar-refractivity contribution in [2.45, 2.75) is 13.0 Å². The number of anilines is 1. The van der Waals surface area contributed by atoms with E-state index in [1.54, 1.807) is 4.90 Å². The lowest BCUT2D eigenvalue weighted by Gasteiger charge is -2.37. The first-order valence-corrected chi connectivity index (χ1v) is 10.1. The second-order valence-corrected chi connectivity index (χ2v) is 7.57. The van der Waals surface area contributed by atoms with Gasteiger partial charge in [0.2, 0.25) is 5.91 Å². The van der Waals surface area contributed by atoms with Gasteiger partial charge in [0.1, 0.15) is 5.69 Å². The van der Waals surface area contributed by atoms with Gasteiger partial charge < -0.3 is 15.2 Å². The maximum absolute atomic E-state index is 12.8. The van der Waals surface area contributed by atoms with Crippen LogP contribution in [0.5, 0.6) is 0 Å². The van der Waals surface area contributed by atoms with Crippen LogP contribution >= 0.6 is 0 Å². The van der Waals surface area contributed by atoms with Crippen molar-refractivity contribution in [2.75, 3.05) is 31.5 Å². The zero-order valence-electron chi connectivity index (χ0n) is 17.1. The Bertz CT molecular complexity index is 1080. The average molecular weight is 421 g/mol. The number of carbonyl (C=O) groups excluding carboxylic acids is 2. The lowest BCUT2D eigenvalue weighted by atomic mass is 10.2. The van der Waals surface area contributed by atoms with E-state index in [0.29, 0.717) is 37.6 Å². The SMILES string of the molecule is CC(C(=O)Nc1ccc([N+](=O)[O-])cc1)N1CCN(C(=O)c2cc3ccccc3[nH]2)CC1. The number of fused-ring (bicyclic) bond motifs is 1. The number of non-ortho nitro benzene ring substituents is 1. The van der Waals surface area contributed by atoms with Gasteiger partial charge in [-0.3, -0.25) is 24.6 Å². The maximum atomic E-state index is 12.8. The van der Waals surface area contributed by atoms with E-state index in [1.165, 1.54) is 24.3 Å². The number of nitrogens with one attached hydrogen (secondary N) is 2. The average Bonchev–Trinajstić information content (AvgIpc) is 3.23. The molecule has 4 rings (SSSR count). The number of para-hydroxylation sites is 1. The number of amides is 2. The third-order valence-corrected chi connectivity index (χ3v) is 5.63. The molecule has 1 aliphatic heterocycles. The molecule has 2 amide bonds. The van der Waals surface area contributed by atoms with Gasteiger partial charge in [0, 0.05) is 54.9 Å². The van der Waals surface area contributed by atoms with Crippen LogP contribution in [0.4, 0.5) is 11.4 Å². The van der Waals surface area contributed by atoms with Crippen molar-refractivity contribution in [3.63, 3.8) is 0 Å². The molecule has 0 spiro atoms. The summed E-state index contributed by atoms with van der Waals surface area (Å²) in [6, 6.07) is 15.0. The summed E-state index contributed by atoms with van der Waals surface area (Å²) in [5.41, 5.74) is 1.98. The highest BCUT2D eigenvalue weighted by atomic mass is 16.6. The molecule has 2 heterocycles. The van der Waals surface area contributed by atoms with E-state index in [0.717, 1.165) is 10.9 Å². The van der Waals surface area contributed by atoms with Gasteiger partial charge in [0.25, 0.3) is 11.6 Å². The van der Waals surface area contributed by atoms with E-state index >= 15 is 0 Å². The summed E-state index contributed by atoms with van der Waals surface area (Å²) < 4.78 is 0. The summed E-state index contributed by atoms with van der Waals surface area (Å²) in [7, 11) is 0. The third-order valence-electron chi connectivity index (χ3n) is 5.63. The molecule has 2 aromatic carbocycles. The molecule has 0 radical (unpaired) electrons. The van der Waals surface area contributed by atoms with Crippen LogP contribution in [0.2, 0.25) is 0 Å². The lowest BCUT2D eigenvalue weighted by Crippen LogP contribution is -2.54. The number of nitrogens with zero attached hydrogens (tertiary/aromatic N) is 3. The summed E-state index contributed by atoms with van der Waals surface area (Å²) in [6.45, 7) is 4.05. The van der Waals surface area contributed by atoms with E-state index in [4.69, 9.17) is 0 Å². The van der Waals surface area contributed by atoms with Gasteiger partial charge in [0.05, 0.1) is 11.0 Å². The van der Waals surface area contributed by atoms with Crippen LogP contribution in [0.25, 0.3) is 10.9 Å². The minimum atomic E-state index is -0.481. The monoisotopic (exact) mass is 421 g/mol. The van der Waals surface area contributed by atoms with Crippen molar-refractivity contribution in [3.05, 3.63) is 70.4 Å². The first kappa shape index (κ1) is 20.5. The van der Waals surface area contributed by atoms with Gasteiger partial charge in [-0.15, -0.1) is 0 Å². The highest BCUT2D eigenvalue weighted by Gasteiger charge is 2.28. The van der Waals surface area contributed by atoms with Gasteiger partial charge in [-0.2, -0.15) is 0 Å². The molecule has 2 N–H and O–H groups in total. The van der Waals surface area contributed by atoms with E-state index in [9.17, 15) is 19.7 Å². The number of aromatic amines is 1. The van der Waals surface area contributed by atoms with Crippen LogP contribution in [0.15, 0.2) is 54.6 Å². The van der Waals surface area contributed by atoms with Gasteiger partial charge in [-0.25, -0.2) is 0 Å². The molecule has 160 valence electrons. The number of hydrogen-bond donors (Lipinski definition) is 2. The molecule has 1 aliphatic rings. The summed E-state index contributed by atoms with van der Waals surface area (Å²) in [5, 5.41) is 14.5. The van der Waals surface area contributed by atoms with Gasteiger partial charge in [-0.1, -0.05) is 18.2 Å². The summed E-state index contributed by atoms with van der Waals surface area (Å²) >= 11 is 0. The molecule has 1 atom stereocenters. The van der Waals surface area contributed by atoms with Gasteiger partial charge in [-0.05, 0) is 31.2 Å². The predicted molar refractivity (Wildman–Crippen MR) is 117 cm³/mol. The molecular weight excluding hydrogens is 398 g/mol. The van der Waals surface area contributed by atoms with Crippen LogP contribution in [0, 0.1) is 10.1 Å². The molecule has 1 unspecified atom stereocenters. The Morgan fingerprint density at radius 1 is 1.06 bits per heavy atom. The van der Waals surface area contributed by atoms with Gasteiger partial charge >= 0.3 is 0 Å². The maximum Gasteiger partial charge on any atom is 0.270 e. The van der Waals surface area contributed by atoms with Crippen molar-refractivity contribution >= 4 is 34.1 Å². The Balaban J connectivity index is 1.32. The number of nitro benzene ring substituents is 1. The quantitative estimate of drug-likeness (QED) is 0.486. The first-order valence-electron chi connectivity index (χ1n) is 10.1. The normalized spacial score (nSPS) is 15.6. The van der Waals surface area contributed by atoms with Crippen molar-refractivity contribution < 1.29 is 14.5 Å². The molecule has 9 heteroatoms. The molecule has 31 heavy (non-hydrogen) atoms. The van der Waals surface area contributed by atoms with E-state index < -0.39 is 4.92 Å². The lowest BCUT2D eigenvalue weighted by molar-refractivity contribution is -0.384. The molecule has 1 saturated heterocycles. The summed E-state index contributed by atoms with van der Waals surface area (Å²) in [4.78, 5) is 42.7. The topological polar surface area (TPSA) is 112 Å². The molecule has 0 aliphatic carbocycles. The second kappa shape index (κ2) is 8.57. The fraction of sp³-hybridized carbons (Fsp3) is 0.273. The van der Waals surface area contributed by atoms with Crippen LogP contribution in [-0.4, -0.2) is 63.7 Å². The van der Waals surface area contributed by atoms with Crippen LogP contribution < -0.4 is 5.32 Å². The zero-order valence-corrected chi connectivity index (χ0v) is 17.1. The molecular formula is C22H23N5O4. The molecule has 0 bridgehead atoms. The van der Waals surface area contributed by atoms with E-state index in [2.05, 4.69) is 10.3 Å². The number of benzene rings is 2. The zero-order chi connectivity index (χ0) is 22.0. The minimum absolute atomic E-state index is 0.0261. The standard InChI is InChI=1S/C22H23N5O4/c1-15(21(28)23-17-6-8-18(9-7-17)27(30)31)25-10-12-26(13-11-25)22(29)20-14-16-4-2-3-5-19(16)24-20/h2-9,14-15,24H,10-13H2,1H3,(H,23,28). The smallest absolute Gasteiger partial charge is 0.270 e. The minimum Gasteiger partial charge on any atom is -0.351 e. The van der Waals surface area contributed by atoms with Crippen molar-refractivity contribution in [1.29, 1.82) is 0 Å². The molecule has 1 aromatic heterocycles. The number of rotatable bonds is 5. The first-order chi connectivity index (χ1) is 14.9. The number of carbonyl (C=O) groups is 2. The van der Waals surface area contributed by atoms with Crippen LogP contribution in [0.3, 0.4) is 0 Å². The Kier molecular flexibility index (Phi) is 5.68. The van der Waals surface area contributed by atoms with Crippen molar-refractivity contribution in [3.8, 4) is 0 Å². The molecule has 3 aromatic rings. The van der Waals surface area contributed by atoms with Crippen molar-refractivity contribution in [2.24, 2.45) is 0 Å². The fourth-order valence-corrected chi connectivity index (χ4v) is 3.75. The Hall–Kier alpha value is -3.72. The fourth-order valence-electron chi connectivity index (χ4n) is 3.75. The number of H-pyrrole nitrogens is 1. The Morgan fingerprint density at radius 2 is 1.74 bits per heavy atom. The summed E-state index contributed by atoms with van der Waals surface area (Å²) in [5.74, 6) is -0.233. The largest absolute Gasteiger partial charge is 0.351 e. The Labute approximate surface area is 178 Å². The van der Waals surface area contributed by atoms with Crippen molar-refractivity contribution in [1.82, 2.24) is 14.8 Å². The third kappa shape index (κ3) is 4.41. The van der Waals surface area contributed by atoms with Crippen LogP contribution in [0.1, 0.15) is 17.4 Å². The van der Waals surface area contributed by atoms with Gasteiger partial charge in [0.15, 0.2) is 0 Å². The highest BCUT2D eigenvalue weighted by molar-refractivity contribution is 5.98. The molecule has 1 fully saturated rings. The number of piperazine rings is 1. The molecule has 9 nitrogen and oxygen atoms in total.